The minimum absolute atomic E-state index is 0.0634. The fourth-order valence-corrected chi connectivity index (χ4v) is 2.20. The van der Waals surface area contributed by atoms with Gasteiger partial charge < -0.3 is 10.6 Å². The summed E-state index contributed by atoms with van der Waals surface area (Å²) in [6.45, 7) is 3.78. The summed E-state index contributed by atoms with van der Waals surface area (Å²) in [5, 5.41) is 6.40. The Morgan fingerprint density at radius 2 is 1.71 bits per heavy atom. The molecule has 0 heterocycles. The monoisotopic (exact) mass is 330 g/mol. The normalized spacial score (nSPS) is 11.1. The predicted molar refractivity (Wildman–Crippen MR) is 85.5 cm³/mol. The lowest BCUT2D eigenvalue weighted by atomic mass is 9.94. The molecule has 2 amide bonds. The molecule has 0 saturated heterocycles. The van der Waals surface area contributed by atoms with Crippen molar-refractivity contribution in [2.24, 2.45) is 0 Å². The molecule has 1 aromatic carbocycles. The van der Waals surface area contributed by atoms with Crippen LogP contribution in [0, 0.1) is 0 Å². The first-order valence-corrected chi connectivity index (χ1v) is 7.49. The van der Waals surface area contributed by atoms with Crippen molar-refractivity contribution < 1.29 is 9.59 Å². The smallest absolute Gasteiger partial charge is 0.220 e. The Labute approximate surface area is 135 Å². The van der Waals surface area contributed by atoms with E-state index >= 15 is 0 Å². The van der Waals surface area contributed by atoms with Crippen molar-refractivity contribution in [2.45, 2.75) is 38.6 Å². The standard InChI is InChI=1S/C15H20Cl2N2O2/c1-15(2,10-7-8-11(16)12(17)9-10)19-14(21)6-4-5-13(20)18-3/h7-9H,4-6H2,1-3H3,(H,18,20)(H,19,21). The summed E-state index contributed by atoms with van der Waals surface area (Å²) < 4.78 is 0. The minimum Gasteiger partial charge on any atom is -0.359 e. The fourth-order valence-electron chi connectivity index (χ4n) is 1.90. The first-order chi connectivity index (χ1) is 9.76. The average Bonchev–Trinajstić information content (AvgIpc) is 2.40. The summed E-state index contributed by atoms with van der Waals surface area (Å²) in [6, 6.07) is 5.28. The third-order valence-corrected chi connectivity index (χ3v) is 3.92. The van der Waals surface area contributed by atoms with Crippen LogP contribution < -0.4 is 10.6 Å². The SMILES string of the molecule is CNC(=O)CCCC(=O)NC(C)(C)c1ccc(Cl)c(Cl)c1. The third-order valence-electron chi connectivity index (χ3n) is 3.18. The van der Waals surface area contributed by atoms with E-state index in [1.165, 1.54) is 0 Å². The maximum Gasteiger partial charge on any atom is 0.220 e. The molecule has 0 bridgehead atoms. The number of nitrogens with one attached hydrogen (secondary N) is 2. The van der Waals surface area contributed by atoms with Crippen LogP contribution >= 0.6 is 23.2 Å². The summed E-state index contributed by atoms with van der Waals surface area (Å²) in [7, 11) is 1.58. The average molecular weight is 331 g/mol. The molecule has 0 unspecified atom stereocenters. The van der Waals surface area contributed by atoms with Crippen molar-refractivity contribution in [1.82, 2.24) is 10.6 Å². The Bertz CT molecular complexity index is 530. The van der Waals surface area contributed by atoms with Gasteiger partial charge in [0.15, 0.2) is 0 Å². The second-order valence-corrected chi connectivity index (χ2v) is 6.14. The van der Waals surface area contributed by atoms with E-state index in [1.807, 2.05) is 19.9 Å². The van der Waals surface area contributed by atoms with Crippen LogP contribution in [0.15, 0.2) is 18.2 Å². The van der Waals surface area contributed by atoms with Crippen molar-refractivity contribution in [3.63, 3.8) is 0 Å². The first kappa shape index (κ1) is 17.8. The van der Waals surface area contributed by atoms with Crippen LogP contribution in [0.2, 0.25) is 10.0 Å². The Morgan fingerprint density at radius 3 is 2.29 bits per heavy atom. The molecule has 0 aromatic heterocycles. The van der Waals surface area contributed by atoms with E-state index in [2.05, 4.69) is 10.6 Å². The van der Waals surface area contributed by atoms with Gasteiger partial charge in [-0.25, -0.2) is 0 Å². The second kappa shape index (κ2) is 7.66. The van der Waals surface area contributed by atoms with Crippen molar-refractivity contribution >= 4 is 35.0 Å². The molecule has 4 nitrogen and oxygen atoms in total. The molecule has 0 radical (unpaired) electrons. The summed E-state index contributed by atoms with van der Waals surface area (Å²) in [5.74, 6) is -0.165. The number of amides is 2. The second-order valence-electron chi connectivity index (χ2n) is 5.33. The maximum atomic E-state index is 12.0. The highest BCUT2D eigenvalue weighted by Crippen LogP contribution is 2.28. The summed E-state index contributed by atoms with van der Waals surface area (Å²) in [6.07, 6.45) is 1.16. The minimum atomic E-state index is -0.557. The first-order valence-electron chi connectivity index (χ1n) is 6.73. The molecule has 0 aliphatic carbocycles. The van der Waals surface area contributed by atoms with E-state index in [0.717, 1.165) is 5.56 Å². The van der Waals surface area contributed by atoms with Crippen LogP contribution in [0.25, 0.3) is 0 Å². The number of benzene rings is 1. The van der Waals surface area contributed by atoms with Gasteiger partial charge in [-0.2, -0.15) is 0 Å². The van der Waals surface area contributed by atoms with E-state index in [0.29, 0.717) is 29.3 Å². The van der Waals surface area contributed by atoms with Gasteiger partial charge in [-0.1, -0.05) is 29.3 Å². The Balaban J connectivity index is 2.60. The number of halogens is 2. The van der Waals surface area contributed by atoms with Crippen molar-refractivity contribution in [2.75, 3.05) is 7.05 Å². The molecule has 2 N–H and O–H groups in total. The van der Waals surface area contributed by atoms with E-state index in [-0.39, 0.29) is 11.8 Å². The molecule has 1 rings (SSSR count). The van der Waals surface area contributed by atoms with Crippen LogP contribution in [-0.2, 0) is 15.1 Å². The van der Waals surface area contributed by atoms with Gasteiger partial charge in [-0.3, -0.25) is 9.59 Å². The number of hydrogen-bond acceptors (Lipinski definition) is 2. The largest absolute Gasteiger partial charge is 0.359 e. The fraction of sp³-hybridized carbons (Fsp3) is 0.467. The van der Waals surface area contributed by atoms with Gasteiger partial charge in [0.2, 0.25) is 11.8 Å². The lowest BCUT2D eigenvalue weighted by Crippen LogP contribution is -2.41. The molecule has 6 heteroatoms. The van der Waals surface area contributed by atoms with Gasteiger partial charge in [-0.15, -0.1) is 0 Å². The molecule has 21 heavy (non-hydrogen) atoms. The van der Waals surface area contributed by atoms with Gasteiger partial charge in [0.05, 0.1) is 15.6 Å². The van der Waals surface area contributed by atoms with Crippen LogP contribution in [0.3, 0.4) is 0 Å². The summed E-state index contributed by atoms with van der Waals surface area (Å²) >= 11 is 11.9. The van der Waals surface area contributed by atoms with E-state index in [1.54, 1.807) is 19.2 Å². The molecule has 0 atom stereocenters. The third kappa shape index (κ3) is 5.56. The molecule has 1 aromatic rings. The van der Waals surface area contributed by atoms with Gasteiger partial charge in [0.25, 0.3) is 0 Å². The molecule has 0 spiro atoms. The summed E-state index contributed by atoms with van der Waals surface area (Å²) in [5.41, 5.74) is 0.315. The van der Waals surface area contributed by atoms with Crippen molar-refractivity contribution in [3.8, 4) is 0 Å². The number of carbonyl (C=O) groups is 2. The van der Waals surface area contributed by atoms with Gasteiger partial charge >= 0.3 is 0 Å². The van der Waals surface area contributed by atoms with E-state index in [4.69, 9.17) is 23.2 Å². The van der Waals surface area contributed by atoms with E-state index < -0.39 is 5.54 Å². The Kier molecular flexibility index (Phi) is 6.49. The maximum absolute atomic E-state index is 12.0. The zero-order valence-corrected chi connectivity index (χ0v) is 13.9. The zero-order valence-electron chi connectivity index (χ0n) is 12.4. The summed E-state index contributed by atoms with van der Waals surface area (Å²) in [4.78, 5) is 23.1. The van der Waals surface area contributed by atoms with Gasteiger partial charge in [0.1, 0.15) is 0 Å². The molecule has 0 saturated carbocycles. The van der Waals surface area contributed by atoms with E-state index in [9.17, 15) is 9.59 Å². The molecule has 0 aliphatic rings. The highest BCUT2D eigenvalue weighted by molar-refractivity contribution is 6.42. The molecular formula is C15H20Cl2N2O2. The molecular weight excluding hydrogens is 311 g/mol. The number of hydrogen-bond donors (Lipinski definition) is 2. The van der Waals surface area contributed by atoms with Crippen LogP contribution in [-0.4, -0.2) is 18.9 Å². The lowest BCUT2D eigenvalue weighted by molar-refractivity contribution is -0.123. The molecule has 116 valence electrons. The lowest BCUT2D eigenvalue weighted by Gasteiger charge is -2.27. The van der Waals surface area contributed by atoms with Crippen LogP contribution in [0.5, 0.6) is 0 Å². The van der Waals surface area contributed by atoms with Crippen molar-refractivity contribution in [1.29, 1.82) is 0 Å². The predicted octanol–water partition coefficient (Wildman–Crippen LogP) is 3.26. The quantitative estimate of drug-likeness (QED) is 0.841. The highest BCUT2D eigenvalue weighted by Gasteiger charge is 2.23. The van der Waals surface area contributed by atoms with Crippen molar-refractivity contribution in [3.05, 3.63) is 33.8 Å². The number of carbonyl (C=O) groups excluding carboxylic acids is 2. The number of rotatable bonds is 6. The topological polar surface area (TPSA) is 58.2 Å². The van der Waals surface area contributed by atoms with Crippen LogP contribution in [0.4, 0.5) is 0 Å². The van der Waals surface area contributed by atoms with Gasteiger partial charge in [-0.05, 0) is 38.0 Å². The highest BCUT2D eigenvalue weighted by atomic mass is 35.5. The van der Waals surface area contributed by atoms with Crippen LogP contribution in [0.1, 0.15) is 38.7 Å². The Hall–Kier alpha value is -1.26. The molecule has 0 aliphatic heterocycles. The molecule has 0 fully saturated rings. The van der Waals surface area contributed by atoms with Gasteiger partial charge in [0, 0.05) is 19.9 Å². The zero-order chi connectivity index (χ0) is 16.0. The Morgan fingerprint density at radius 1 is 1.10 bits per heavy atom.